The zero-order chi connectivity index (χ0) is 16.2. The molecule has 0 radical (unpaired) electrons. The Morgan fingerprint density at radius 1 is 1.43 bits per heavy atom. The molecule has 120 valence electrons. The zero-order valence-electron chi connectivity index (χ0n) is 11.9. The minimum Gasteiger partial charge on any atom is -0.486 e. The largest absolute Gasteiger partial charge is 0.486 e. The van der Waals surface area contributed by atoms with Crippen LogP contribution in [0.25, 0.3) is 0 Å². The monoisotopic (exact) mass is 325 g/mol. The molecule has 9 heteroatoms. The molecule has 0 bridgehead atoms. The maximum Gasteiger partial charge on any atom is 0.405 e. The van der Waals surface area contributed by atoms with E-state index in [1.54, 1.807) is 20.8 Å². The number of carbonyl (C=O) groups is 1. The molecule has 0 aromatic carbocycles. The first-order chi connectivity index (χ1) is 9.65. The Balaban J connectivity index is 3.08. The number of nitrogens with two attached hydrogens (primary N) is 1. The lowest BCUT2D eigenvalue weighted by molar-refractivity contribution is -0.115. The minimum atomic E-state index is -4.38. The van der Waals surface area contributed by atoms with Crippen molar-refractivity contribution in [2.45, 2.75) is 33.1 Å². The van der Waals surface area contributed by atoms with E-state index < -0.39 is 18.6 Å². The van der Waals surface area contributed by atoms with Gasteiger partial charge in [-0.1, -0.05) is 0 Å². The van der Waals surface area contributed by atoms with Gasteiger partial charge in [-0.3, -0.25) is 4.79 Å². The predicted octanol–water partition coefficient (Wildman–Crippen LogP) is 2.84. The fourth-order valence-electron chi connectivity index (χ4n) is 1.49. The Labute approximate surface area is 124 Å². The highest BCUT2D eigenvalue weighted by molar-refractivity contribution is 7.19. The van der Waals surface area contributed by atoms with E-state index in [-0.39, 0.29) is 27.4 Å². The van der Waals surface area contributed by atoms with Crippen LogP contribution in [0.15, 0.2) is 0 Å². The molecule has 0 atom stereocenters. The molecule has 1 heterocycles. The predicted molar refractivity (Wildman–Crippen MR) is 77.0 cm³/mol. The maximum absolute atomic E-state index is 12.3. The molecule has 0 fully saturated rings. The van der Waals surface area contributed by atoms with Gasteiger partial charge in [0.25, 0.3) is 5.91 Å². The number of halogens is 3. The Hall–Kier alpha value is -1.64. The van der Waals surface area contributed by atoms with Crippen LogP contribution >= 0.6 is 11.3 Å². The molecule has 0 unspecified atom stereocenters. The third-order valence-electron chi connectivity index (χ3n) is 2.25. The number of nitrogens with one attached hydrogen (secondary N) is 2. The summed E-state index contributed by atoms with van der Waals surface area (Å²) in [6, 6.07) is 0. The average Bonchev–Trinajstić information content (AvgIpc) is 2.63. The molecule has 1 aromatic rings. The third-order valence-corrected chi connectivity index (χ3v) is 3.39. The van der Waals surface area contributed by atoms with Crippen LogP contribution in [0.3, 0.4) is 0 Å². The summed E-state index contributed by atoms with van der Waals surface area (Å²) in [5.41, 5.74) is 5.87. The van der Waals surface area contributed by atoms with Gasteiger partial charge in [0.05, 0.1) is 6.10 Å². The van der Waals surface area contributed by atoms with Crippen molar-refractivity contribution in [2.75, 3.05) is 24.1 Å². The second kappa shape index (κ2) is 6.88. The van der Waals surface area contributed by atoms with Gasteiger partial charge in [0.15, 0.2) is 5.75 Å². The molecule has 1 rings (SSSR count). The number of hydrogen-bond donors (Lipinski definition) is 3. The van der Waals surface area contributed by atoms with E-state index in [0.29, 0.717) is 6.54 Å². The van der Waals surface area contributed by atoms with Crippen molar-refractivity contribution in [3.8, 4) is 5.75 Å². The maximum atomic E-state index is 12.3. The topological polar surface area (TPSA) is 76.4 Å². The fraction of sp³-hybridized carbons (Fsp3) is 0.583. The number of ether oxygens (including phenoxy) is 1. The smallest absolute Gasteiger partial charge is 0.405 e. The van der Waals surface area contributed by atoms with Crippen LogP contribution in [0.5, 0.6) is 5.75 Å². The van der Waals surface area contributed by atoms with Crippen molar-refractivity contribution >= 4 is 27.9 Å². The van der Waals surface area contributed by atoms with Gasteiger partial charge in [-0.05, 0) is 20.8 Å². The van der Waals surface area contributed by atoms with E-state index in [9.17, 15) is 18.0 Å². The van der Waals surface area contributed by atoms with Crippen LogP contribution in [0.1, 0.15) is 30.4 Å². The first kappa shape index (κ1) is 17.4. The van der Waals surface area contributed by atoms with E-state index >= 15 is 0 Å². The van der Waals surface area contributed by atoms with Crippen LogP contribution in [0.2, 0.25) is 0 Å². The van der Waals surface area contributed by atoms with Crippen LogP contribution in [0, 0.1) is 0 Å². The molecule has 0 aliphatic rings. The Morgan fingerprint density at radius 3 is 2.52 bits per heavy atom. The summed E-state index contributed by atoms with van der Waals surface area (Å²) in [6.45, 7) is 4.33. The lowest BCUT2D eigenvalue weighted by Gasteiger charge is -2.13. The highest BCUT2D eigenvalue weighted by atomic mass is 32.1. The molecule has 5 nitrogen and oxygen atoms in total. The average molecular weight is 325 g/mol. The van der Waals surface area contributed by atoms with Crippen molar-refractivity contribution in [1.29, 1.82) is 0 Å². The second-order valence-corrected chi connectivity index (χ2v) is 5.52. The van der Waals surface area contributed by atoms with Gasteiger partial charge in [-0.25, -0.2) is 0 Å². The molecule has 1 amide bonds. The number of alkyl halides is 3. The number of nitrogen functional groups attached to an aromatic ring is 1. The van der Waals surface area contributed by atoms with Gasteiger partial charge in [0, 0.05) is 6.54 Å². The quantitative estimate of drug-likeness (QED) is 0.752. The number of anilines is 2. The Kier molecular flexibility index (Phi) is 5.70. The molecule has 4 N–H and O–H groups in total. The summed E-state index contributed by atoms with van der Waals surface area (Å²) in [4.78, 5) is 12.0. The summed E-state index contributed by atoms with van der Waals surface area (Å²) in [5.74, 6) is -0.353. The summed E-state index contributed by atoms with van der Waals surface area (Å²) in [6.07, 6.45) is -4.66. The molecular formula is C12H18F3N3O2S. The van der Waals surface area contributed by atoms with Crippen molar-refractivity contribution < 1.29 is 22.7 Å². The van der Waals surface area contributed by atoms with E-state index in [1.807, 2.05) is 0 Å². The van der Waals surface area contributed by atoms with Crippen molar-refractivity contribution in [3.63, 3.8) is 0 Å². The van der Waals surface area contributed by atoms with Gasteiger partial charge >= 0.3 is 6.18 Å². The molecule has 0 aliphatic carbocycles. The lowest BCUT2D eigenvalue weighted by Crippen LogP contribution is -2.22. The van der Waals surface area contributed by atoms with Crippen LogP contribution in [-0.2, 0) is 0 Å². The fourth-order valence-corrected chi connectivity index (χ4v) is 2.45. The van der Waals surface area contributed by atoms with E-state index in [2.05, 4.69) is 10.6 Å². The Bertz CT molecular complexity index is 501. The molecule has 0 aliphatic heterocycles. The number of carbonyl (C=O) groups excluding carboxylic acids is 1. The number of hydrogen-bond acceptors (Lipinski definition) is 5. The lowest BCUT2D eigenvalue weighted by atomic mass is 10.3. The van der Waals surface area contributed by atoms with Crippen molar-refractivity contribution in [1.82, 2.24) is 5.32 Å². The standard InChI is InChI=1S/C12H18F3N3O2S/c1-4-17-10(19)9-7(16)8(20-6(2)3)11(21-9)18-5-12(13,14)15/h6,18H,4-5,16H2,1-3H3,(H,17,19). The molecule has 0 saturated heterocycles. The van der Waals surface area contributed by atoms with Crippen LogP contribution < -0.4 is 21.1 Å². The summed E-state index contributed by atoms with van der Waals surface area (Å²) in [7, 11) is 0. The van der Waals surface area contributed by atoms with Gasteiger partial charge in [0.2, 0.25) is 0 Å². The molecule has 0 spiro atoms. The summed E-state index contributed by atoms with van der Waals surface area (Å²) in [5, 5.41) is 4.88. The highest BCUT2D eigenvalue weighted by Gasteiger charge is 2.29. The number of rotatable bonds is 6. The highest BCUT2D eigenvalue weighted by Crippen LogP contribution is 2.43. The minimum absolute atomic E-state index is 0.0457. The first-order valence-corrected chi connectivity index (χ1v) is 7.15. The SMILES string of the molecule is CCNC(=O)c1sc(NCC(F)(F)F)c(OC(C)C)c1N. The summed E-state index contributed by atoms with van der Waals surface area (Å²) >= 11 is 0.844. The van der Waals surface area contributed by atoms with Gasteiger partial charge in [-0.15, -0.1) is 11.3 Å². The number of thiophene rings is 1. The van der Waals surface area contributed by atoms with Gasteiger partial charge in [-0.2, -0.15) is 13.2 Å². The van der Waals surface area contributed by atoms with Crippen LogP contribution in [-0.4, -0.2) is 31.3 Å². The second-order valence-electron chi connectivity index (χ2n) is 4.50. The summed E-state index contributed by atoms with van der Waals surface area (Å²) < 4.78 is 42.4. The van der Waals surface area contributed by atoms with E-state index in [1.165, 1.54) is 0 Å². The third kappa shape index (κ3) is 5.00. The van der Waals surface area contributed by atoms with Gasteiger partial charge in [0.1, 0.15) is 22.1 Å². The van der Waals surface area contributed by atoms with Gasteiger partial charge < -0.3 is 21.1 Å². The van der Waals surface area contributed by atoms with Crippen molar-refractivity contribution in [2.24, 2.45) is 0 Å². The molecular weight excluding hydrogens is 307 g/mol. The normalized spacial score (nSPS) is 11.6. The van der Waals surface area contributed by atoms with E-state index in [0.717, 1.165) is 11.3 Å². The zero-order valence-corrected chi connectivity index (χ0v) is 12.7. The van der Waals surface area contributed by atoms with Crippen molar-refractivity contribution in [3.05, 3.63) is 4.88 Å². The van der Waals surface area contributed by atoms with Crippen LogP contribution in [0.4, 0.5) is 23.9 Å². The molecule has 1 aromatic heterocycles. The number of amides is 1. The molecule has 0 saturated carbocycles. The first-order valence-electron chi connectivity index (χ1n) is 6.33. The molecule has 21 heavy (non-hydrogen) atoms. The Morgan fingerprint density at radius 2 is 2.05 bits per heavy atom. The van der Waals surface area contributed by atoms with E-state index in [4.69, 9.17) is 10.5 Å².